The predicted molar refractivity (Wildman–Crippen MR) is 45.9 cm³/mol. The van der Waals surface area contributed by atoms with Gasteiger partial charge in [-0.1, -0.05) is 6.42 Å². The molecule has 68 valence electrons. The summed E-state index contributed by atoms with van der Waals surface area (Å²) in [6, 6.07) is 0.613. The first-order valence-electron chi connectivity index (χ1n) is 4.50. The van der Waals surface area contributed by atoms with Crippen molar-refractivity contribution in [1.82, 2.24) is 5.32 Å². The van der Waals surface area contributed by atoms with Gasteiger partial charge in [0.15, 0.2) is 0 Å². The fourth-order valence-electron chi connectivity index (χ4n) is 1.71. The highest BCUT2D eigenvalue weighted by Crippen LogP contribution is 2.15. The maximum Gasteiger partial charge on any atom is 0.121 e. The van der Waals surface area contributed by atoms with Crippen molar-refractivity contribution in [3.05, 3.63) is 0 Å². The molecular weight excluding hydrogens is 154 g/mol. The van der Waals surface area contributed by atoms with Gasteiger partial charge in [0.25, 0.3) is 0 Å². The third-order valence-corrected chi connectivity index (χ3v) is 2.34. The van der Waals surface area contributed by atoms with Crippen molar-refractivity contribution in [2.24, 2.45) is 0 Å². The van der Waals surface area contributed by atoms with Crippen LogP contribution in [0.4, 0.5) is 0 Å². The van der Waals surface area contributed by atoms with Gasteiger partial charge < -0.3 is 14.9 Å². The van der Waals surface area contributed by atoms with E-state index >= 15 is 0 Å². The van der Waals surface area contributed by atoms with E-state index < -0.39 is 0 Å². The van der Waals surface area contributed by atoms with E-state index in [2.05, 4.69) is 5.32 Å². The zero-order valence-electron chi connectivity index (χ0n) is 7.16. The Balaban J connectivity index is 2.29. The fraction of sp³-hybridized carbons (Fsp3) is 0.778. The Labute approximate surface area is 72.5 Å². The summed E-state index contributed by atoms with van der Waals surface area (Å²) in [7, 11) is 0. The van der Waals surface area contributed by atoms with Crippen molar-refractivity contribution in [1.29, 1.82) is 0 Å². The van der Waals surface area contributed by atoms with Gasteiger partial charge in [-0.05, 0) is 12.8 Å². The van der Waals surface area contributed by atoms with Crippen LogP contribution in [0.2, 0.25) is 0 Å². The quantitative estimate of drug-likeness (QED) is 0.629. The molecule has 2 atom stereocenters. The van der Waals surface area contributed by atoms with E-state index in [1.54, 1.807) is 0 Å². The number of nitrogens with one attached hydrogen (secondary N) is 1. The molecule has 0 saturated carbocycles. The highest BCUT2D eigenvalue weighted by molar-refractivity contribution is 5.51. The zero-order valence-corrected chi connectivity index (χ0v) is 7.16. The number of carbonyl (C=O) groups is 2. The van der Waals surface area contributed by atoms with Gasteiger partial charge in [0.1, 0.15) is 12.6 Å². The van der Waals surface area contributed by atoms with Crippen molar-refractivity contribution in [2.75, 3.05) is 0 Å². The van der Waals surface area contributed by atoms with Gasteiger partial charge >= 0.3 is 0 Å². The minimum atomic E-state index is 0.307. The Morgan fingerprint density at radius 2 is 1.58 bits per heavy atom. The van der Waals surface area contributed by atoms with Crippen LogP contribution in [0, 0.1) is 0 Å². The van der Waals surface area contributed by atoms with E-state index in [9.17, 15) is 9.59 Å². The average Bonchev–Trinajstić information content (AvgIpc) is 2.06. The van der Waals surface area contributed by atoms with Crippen LogP contribution in [0.3, 0.4) is 0 Å². The fourth-order valence-corrected chi connectivity index (χ4v) is 1.71. The summed E-state index contributed by atoms with van der Waals surface area (Å²) >= 11 is 0. The second-order valence-corrected chi connectivity index (χ2v) is 3.30. The third kappa shape index (κ3) is 2.74. The molecule has 0 radical (unpaired) electrons. The molecule has 3 nitrogen and oxygen atoms in total. The van der Waals surface area contributed by atoms with Gasteiger partial charge in [-0.25, -0.2) is 0 Å². The Kier molecular flexibility index (Phi) is 3.94. The molecule has 0 aliphatic carbocycles. The molecule has 1 saturated heterocycles. The van der Waals surface area contributed by atoms with Crippen molar-refractivity contribution in [2.45, 2.75) is 44.2 Å². The minimum absolute atomic E-state index is 0.307. The maximum absolute atomic E-state index is 10.2. The van der Waals surface area contributed by atoms with E-state index in [1.807, 2.05) is 0 Å². The summed E-state index contributed by atoms with van der Waals surface area (Å²) in [5, 5.41) is 3.29. The number of rotatable bonds is 4. The lowest BCUT2D eigenvalue weighted by Crippen LogP contribution is -2.42. The minimum Gasteiger partial charge on any atom is -0.310 e. The normalized spacial score (nSPS) is 29.7. The number of hydrogen-bond donors (Lipinski definition) is 1. The molecule has 1 aliphatic heterocycles. The first-order valence-corrected chi connectivity index (χ1v) is 4.50. The lowest BCUT2D eigenvalue weighted by Gasteiger charge is -2.28. The summed E-state index contributed by atoms with van der Waals surface area (Å²) in [5.74, 6) is 0. The summed E-state index contributed by atoms with van der Waals surface area (Å²) in [6.07, 6.45) is 6.30. The molecule has 1 heterocycles. The van der Waals surface area contributed by atoms with Crippen molar-refractivity contribution in [3.8, 4) is 0 Å². The molecule has 0 aromatic heterocycles. The second-order valence-electron chi connectivity index (χ2n) is 3.30. The molecule has 1 rings (SSSR count). The molecule has 0 spiro atoms. The smallest absolute Gasteiger partial charge is 0.121 e. The SMILES string of the molecule is O=CCC1CCCC(CC=O)N1. The van der Waals surface area contributed by atoms with Crippen molar-refractivity contribution in [3.63, 3.8) is 0 Å². The van der Waals surface area contributed by atoms with Crippen LogP contribution in [0.1, 0.15) is 32.1 Å². The van der Waals surface area contributed by atoms with E-state index in [4.69, 9.17) is 0 Å². The molecule has 12 heavy (non-hydrogen) atoms. The molecule has 0 aromatic carbocycles. The summed E-state index contributed by atoms with van der Waals surface area (Å²) in [6.45, 7) is 0. The number of piperidine rings is 1. The molecule has 1 fully saturated rings. The number of hydrogen-bond acceptors (Lipinski definition) is 3. The molecule has 1 aliphatic rings. The third-order valence-electron chi connectivity index (χ3n) is 2.34. The van der Waals surface area contributed by atoms with E-state index in [1.165, 1.54) is 0 Å². The highest BCUT2D eigenvalue weighted by atomic mass is 16.1. The van der Waals surface area contributed by atoms with E-state index in [0.717, 1.165) is 31.8 Å². The lowest BCUT2D eigenvalue weighted by atomic mass is 9.95. The van der Waals surface area contributed by atoms with Gasteiger partial charge in [-0.3, -0.25) is 0 Å². The average molecular weight is 169 g/mol. The first kappa shape index (κ1) is 9.39. The standard InChI is InChI=1S/C9H15NO2/c11-6-4-8-2-1-3-9(10-8)5-7-12/h6-10H,1-5H2. The first-order chi connectivity index (χ1) is 5.86. The van der Waals surface area contributed by atoms with Crippen LogP contribution in [-0.4, -0.2) is 24.7 Å². The topological polar surface area (TPSA) is 46.2 Å². The van der Waals surface area contributed by atoms with Crippen molar-refractivity contribution < 1.29 is 9.59 Å². The number of aldehydes is 2. The molecule has 0 bridgehead atoms. The molecule has 0 amide bonds. The van der Waals surface area contributed by atoms with Crippen LogP contribution in [0.25, 0.3) is 0 Å². The Morgan fingerprint density at radius 1 is 1.08 bits per heavy atom. The largest absolute Gasteiger partial charge is 0.310 e. The maximum atomic E-state index is 10.2. The summed E-state index contributed by atoms with van der Waals surface area (Å²) in [4.78, 5) is 20.5. The van der Waals surface area contributed by atoms with Crippen molar-refractivity contribution >= 4 is 12.6 Å². The van der Waals surface area contributed by atoms with E-state index in [-0.39, 0.29) is 0 Å². The van der Waals surface area contributed by atoms with Crippen LogP contribution >= 0.6 is 0 Å². The van der Waals surface area contributed by atoms with Crippen LogP contribution < -0.4 is 5.32 Å². The van der Waals surface area contributed by atoms with Crippen LogP contribution in [0.15, 0.2) is 0 Å². The van der Waals surface area contributed by atoms with Gasteiger partial charge in [0.2, 0.25) is 0 Å². The van der Waals surface area contributed by atoms with E-state index in [0.29, 0.717) is 24.9 Å². The summed E-state index contributed by atoms with van der Waals surface area (Å²) < 4.78 is 0. The molecular formula is C9H15NO2. The summed E-state index contributed by atoms with van der Waals surface area (Å²) in [5.41, 5.74) is 0. The van der Waals surface area contributed by atoms with Gasteiger partial charge in [0, 0.05) is 24.9 Å². The van der Waals surface area contributed by atoms with Gasteiger partial charge in [-0.15, -0.1) is 0 Å². The lowest BCUT2D eigenvalue weighted by molar-refractivity contribution is -0.108. The Bertz CT molecular complexity index is 143. The second kappa shape index (κ2) is 5.04. The van der Waals surface area contributed by atoms with Crippen LogP contribution in [-0.2, 0) is 9.59 Å². The highest BCUT2D eigenvalue weighted by Gasteiger charge is 2.19. The molecule has 0 aromatic rings. The molecule has 2 unspecified atom stereocenters. The van der Waals surface area contributed by atoms with Crippen LogP contribution in [0.5, 0.6) is 0 Å². The molecule has 3 heteroatoms. The predicted octanol–water partition coefficient (Wildman–Crippen LogP) is 0.675. The zero-order chi connectivity index (χ0) is 8.81. The Hall–Kier alpha value is -0.700. The monoisotopic (exact) mass is 169 g/mol. The Morgan fingerprint density at radius 3 is 2.00 bits per heavy atom. The van der Waals surface area contributed by atoms with Gasteiger partial charge in [0.05, 0.1) is 0 Å². The molecule has 1 N–H and O–H groups in total. The van der Waals surface area contributed by atoms with Gasteiger partial charge in [-0.2, -0.15) is 0 Å². The number of carbonyl (C=O) groups excluding carboxylic acids is 2.